The summed E-state index contributed by atoms with van der Waals surface area (Å²) in [6.45, 7) is 0.473. The summed E-state index contributed by atoms with van der Waals surface area (Å²) >= 11 is 0. The van der Waals surface area contributed by atoms with Gasteiger partial charge in [0, 0.05) is 18.7 Å². The molecule has 0 bridgehead atoms. The standard InChI is InChI=1S/C25H24N2O4/c1-26-25(29)20-12-13-22(23(16-20)30-2)27-24(28)14-11-18-9-6-10-21(15-18)31-17-19-7-4-3-5-8-19/h3-16H,17H2,1-2H3,(H,26,29)(H,27,28)/b14-11+. The Morgan fingerprint density at radius 1 is 0.968 bits per heavy atom. The lowest BCUT2D eigenvalue weighted by atomic mass is 10.1. The number of methoxy groups -OCH3 is 1. The molecule has 3 aromatic carbocycles. The van der Waals surface area contributed by atoms with Gasteiger partial charge in [-0.2, -0.15) is 0 Å². The maximum absolute atomic E-state index is 12.4. The van der Waals surface area contributed by atoms with Gasteiger partial charge in [0.2, 0.25) is 5.91 Å². The molecule has 3 aromatic rings. The van der Waals surface area contributed by atoms with Crippen molar-refractivity contribution in [2.75, 3.05) is 19.5 Å². The molecule has 0 heterocycles. The highest BCUT2D eigenvalue weighted by atomic mass is 16.5. The molecular formula is C25H24N2O4. The summed E-state index contributed by atoms with van der Waals surface area (Å²) in [5.41, 5.74) is 2.84. The molecule has 0 radical (unpaired) electrons. The first-order chi connectivity index (χ1) is 15.1. The van der Waals surface area contributed by atoms with E-state index in [1.54, 1.807) is 31.3 Å². The van der Waals surface area contributed by atoms with E-state index in [1.165, 1.54) is 13.2 Å². The van der Waals surface area contributed by atoms with Crippen LogP contribution in [0.25, 0.3) is 6.08 Å². The second-order valence-electron chi connectivity index (χ2n) is 6.66. The normalized spacial score (nSPS) is 10.5. The van der Waals surface area contributed by atoms with Gasteiger partial charge < -0.3 is 20.1 Å². The van der Waals surface area contributed by atoms with Crippen LogP contribution >= 0.6 is 0 Å². The zero-order valence-electron chi connectivity index (χ0n) is 17.4. The van der Waals surface area contributed by atoms with E-state index in [4.69, 9.17) is 9.47 Å². The first-order valence-electron chi connectivity index (χ1n) is 9.75. The molecule has 0 unspecified atom stereocenters. The number of benzene rings is 3. The van der Waals surface area contributed by atoms with Crippen molar-refractivity contribution < 1.29 is 19.1 Å². The lowest BCUT2D eigenvalue weighted by molar-refractivity contribution is -0.111. The number of hydrogen-bond acceptors (Lipinski definition) is 4. The topological polar surface area (TPSA) is 76.7 Å². The molecule has 0 atom stereocenters. The largest absolute Gasteiger partial charge is 0.495 e. The van der Waals surface area contributed by atoms with Crippen LogP contribution in [0.5, 0.6) is 11.5 Å². The highest BCUT2D eigenvalue weighted by Gasteiger charge is 2.10. The monoisotopic (exact) mass is 416 g/mol. The number of hydrogen-bond donors (Lipinski definition) is 2. The molecule has 0 saturated heterocycles. The Morgan fingerprint density at radius 3 is 2.52 bits per heavy atom. The van der Waals surface area contributed by atoms with E-state index in [0.717, 1.165) is 16.9 Å². The van der Waals surface area contributed by atoms with E-state index in [9.17, 15) is 9.59 Å². The molecule has 0 aliphatic rings. The van der Waals surface area contributed by atoms with Crippen molar-refractivity contribution in [1.82, 2.24) is 5.32 Å². The van der Waals surface area contributed by atoms with Crippen LogP contribution < -0.4 is 20.1 Å². The minimum atomic E-state index is -0.318. The predicted molar refractivity (Wildman–Crippen MR) is 121 cm³/mol. The van der Waals surface area contributed by atoms with Crippen molar-refractivity contribution >= 4 is 23.6 Å². The van der Waals surface area contributed by atoms with Crippen LogP contribution in [0.4, 0.5) is 5.69 Å². The molecule has 0 aliphatic carbocycles. The van der Waals surface area contributed by atoms with Crippen LogP contribution in [0.2, 0.25) is 0 Å². The van der Waals surface area contributed by atoms with Crippen LogP contribution in [0, 0.1) is 0 Å². The van der Waals surface area contributed by atoms with Crippen molar-refractivity contribution in [3.05, 3.63) is 95.6 Å². The van der Waals surface area contributed by atoms with Gasteiger partial charge in [-0.15, -0.1) is 0 Å². The molecule has 0 aliphatic heterocycles. The smallest absolute Gasteiger partial charge is 0.251 e. The van der Waals surface area contributed by atoms with E-state index >= 15 is 0 Å². The minimum Gasteiger partial charge on any atom is -0.495 e. The summed E-state index contributed by atoms with van der Waals surface area (Å²) in [6, 6.07) is 22.2. The quantitative estimate of drug-likeness (QED) is 0.537. The second kappa shape index (κ2) is 10.6. The van der Waals surface area contributed by atoms with Gasteiger partial charge in [-0.1, -0.05) is 42.5 Å². The Bertz CT molecular complexity index is 1080. The van der Waals surface area contributed by atoms with Crippen molar-refractivity contribution in [2.45, 2.75) is 6.61 Å². The summed E-state index contributed by atoms with van der Waals surface area (Å²) in [6.07, 6.45) is 3.14. The van der Waals surface area contributed by atoms with Crippen LogP contribution in [0.3, 0.4) is 0 Å². The summed E-state index contributed by atoms with van der Waals surface area (Å²) in [7, 11) is 3.03. The Labute approximate surface area is 181 Å². The lowest BCUT2D eigenvalue weighted by Gasteiger charge is -2.10. The molecule has 2 amide bonds. The molecule has 0 fully saturated rings. The predicted octanol–water partition coefficient (Wildman–Crippen LogP) is 4.29. The van der Waals surface area contributed by atoms with Gasteiger partial charge in [0.15, 0.2) is 0 Å². The highest BCUT2D eigenvalue weighted by Crippen LogP contribution is 2.25. The van der Waals surface area contributed by atoms with Crippen molar-refractivity contribution in [2.24, 2.45) is 0 Å². The second-order valence-corrected chi connectivity index (χ2v) is 6.66. The summed E-state index contributed by atoms with van der Waals surface area (Å²) in [5, 5.41) is 5.31. The average Bonchev–Trinajstić information content (AvgIpc) is 2.82. The summed E-state index contributed by atoms with van der Waals surface area (Å²) in [4.78, 5) is 24.1. The zero-order chi connectivity index (χ0) is 22.1. The maximum atomic E-state index is 12.4. The molecule has 158 valence electrons. The maximum Gasteiger partial charge on any atom is 0.251 e. The Kier molecular flexibility index (Phi) is 7.43. The average molecular weight is 416 g/mol. The van der Waals surface area contributed by atoms with Gasteiger partial charge in [-0.3, -0.25) is 9.59 Å². The van der Waals surface area contributed by atoms with E-state index in [2.05, 4.69) is 10.6 Å². The van der Waals surface area contributed by atoms with Gasteiger partial charge >= 0.3 is 0 Å². The van der Waals surface area contributed by atoms with Crippen LogP contribution in [-0.4, -0.2) is 26.0 Å². The number of carbonyl (C=O) groups excluding carboxylic acids is 2. The molecule has 3 rings (SSSR count). The first-order valence-corrected chi connectivity index (χ1v) is 9.75. The number of amides is 2. The SMILES string of the molecule is CNC(=O)c1ccc(NC(=O)/C=C/c2cccc(OCc3ccccc3)c2)c(OC)c1. The summed E-state index contributed by atoms with van der Waals surface area (Å²) in [5.74, 6) is 0.573. The third-order valence-corrected chi connectivity index (χ3v) is 4.48. The molecule has 0 aromatic heterocycles. The van der Waals surface area contributed by atoms with Crippen LogP contribution in [0.1, 0.15) is 21.5 Å². The molecule has 0 spiro atoms. The van der Waals surface area contributed by atoms with Crippen molar-refractivity contribution in [3.63, 3.8) is 0 Å². The fourth-order valence-electron chi connectivity index (χ4n) is 2.88. The minimum absolute atomic E-state index is 0.231. The van der Waals surface area contributed by atoms with Crippen molar-refractivity contribution in [1.29, 1.82) is 0 Å². The van der Waals surface area contributed by atoms with Gasteiger partial charge in [0.25, 0.3) is 5.91 Å². The number of anilines is 1. The lowest BCUT2D eigenvalue weighted by Crippen LogP contribution is -2.18. The highest BCUT2D eigenvalue weighted by molar-refractivity contribution is 6.03. The van der Waals surface area contributed by atoms with Crippen LogP contribution in [0.15, 0.2) is 78.9 Å². The molecule has 6 nitrogen and oxygen atoms in total. The molecule has 2 N–H and O–H groups in total. The molecule has 6 heteroatoms. The van der Waals surface area contributed by atoms with Gasteiger partial charge in [-0.05, 0) is 47.5 Å². The number of rotatable bonds is 8. The van der Waals surface area contributed by atoms with E-state index in [1.807, 2.05) is 54.6 Å². The molecule has 0 saturated carbocycles. The van der Waals surface area contributed by atoms with Gasteiger partial charge in [-0.25, -0.2) is 0 Å². The number of carbonyl (C=O) groups is 2. The zero-order valence-corrected chi connectivity index (χ0v) is 17.4. The fraction of sp³-hybridized carbons (Fsp3) is 0.120. The third kappa shape index (κ3) is 6.21. The first kappa shape index (κ1) is 21.6. The third-order valence-electron chi connectivity index (χ3n) is 4.48. The van der Waals surface area contributed by atoms with E-state index < -0.39 is 0 Å². The van der Waals surface area contributed by atoms with Crippen LogP contribution in [-0.2, 0) is 11.4 Å². The number of ether oxygens (including phenoxy) is 2. The Hall–Kier alpha value is -4.06. The van der Waals surface area contributed by atoms with Crippen molar-refractivity contribution in [3.8, 4) is 11.5 Å². The van der Waals surface area contributed by atoms with Gasteiger partial charge in [0.05, 0.1) is 12.8 Å². The Morgan fingerprint density at radius 2 is 1.77 bits per heavy atom. The van der Waals surface area contributed by atoms with Gasteiger partial charge in [0.1, 0.15) is 18.1 Å². The molecule has 31 heavy (non-hydrogen) atoms. The molecular weight excluding hydrogens is 392 g/mol. The van der Waals surface area contributed by atoms with E-state index in [0.29, 0.717) is 23.6 Å². The van der Waals surface area contributed by atoms with E-state index in [-0.39, 0.29) is 11.8 Å². The fourth-order valence-corrected chi connectivity index (χ4v) is 2.88. The Balaban J connectivity index is 1.63. The summed E-state index contributed by atoms with van der Waals surface area (Å²) < 4.78 is 11.1. The number of nitrogens with one attached hydrogen (secondary N) is 2.